The molecular weight excluding hydrogens is 484 g/mol. The van der Waals surface area contributed by atoms with Crippen LogP contribution in [0.15, 0.2) is 43.5 Å². The van der Waals surface area contributed by atoms with Crippen LogP contribution >= 0.6 is 0 Å². The molecule has 0 aromatic heterocycles. The molecule has 0 saturated carbocycles. The quantitative estimate of drug-likeness (QED) is 0.271. The van der Waals surface area contributed by atoms with Crippen LogP contribution < -0.4 is 4.90 Å². The van der Waals surface area contributed by atoms with Crippen molar-refractivity contribution >= 4 is 23.5 Å². The summed E-state index contributed by atoms with van der Waals surface area (Å²) in [6.45, 7) is 15.1. The van der Waals surface area contributed by atoms with Crippen molar-refractivity contribution in [3.8, 4) is 0 Å². The molecule has 2 bridgehead atoms. The van der Waals surface area contributed by atoms with E-state index in [4.69, 9.17) is 9.47 Å². The molecule has 8 nitrogen and oxygen atoms in total. The van der Waals surface area contributed by atoms with Crippen molar-refractivity contribution in [2.75, 3.05) is 24.7 Å². The van der Waals surface area contributed by atoms with E-state index in [1.54, 1.807) is 24.0 Å². The van der Waals surface area contributed by atoms with E-state index in [9.17, 15) is 19.5 Å². The molecular formula is C30H40N2O6. The highest BCUT2D eigenvalue weighted by molar-refractivity contribution is 6.05. The van der Waals surface area contributed by atoms with Gasteiger partial charge in [0.2, 0.25) is 5.91 Å². The number of ether oxygens (including phenoxy) is 2. The smallest absolute Gasteiger partial charge is 0.312 e. The number of likely N-dealkylation sites (tertiary alicyclic amines) is 1. The van der Waals surface area contributed by atoms with Gasteiger partial charge in [-0.2, -0.15) is 0 Å². The van der Waals surface area contributed by atoms with E-state index in [1.807, 2.05) is 39.0 Å². The van der Waals surface area contributed by atoms with E-state index in [0.29, 0.717) is 25.7 Å². The summed E-state index contributed by atoms with van der Waals surface area (Å²) >= 11 is 0. The number of aliphatic hydroxyl groups excluding tert-OH is 1. The molecule has 3 fully saturated rings. The molecule has 3 heterocycles. The van der Waals surface area contributed by atoms with Crippen LogP contribution in [0.25, 0.3) is 0 Å². The van der Waals surface area contributed by atoms with E-state index in [0.717, 1.165) is 16.8 Å². The molecule has 3 aliphatic rings. The van der Waals surface area contributed by atoms with E-state index in [2.05, 4.69) is 13.2 Å². The number of fused-ring (bicyclic) bond motifs is 1. The summed E-state index contributed by atoms with van der Waals surface area (Å²) in [5.74, 6) is -2.81. The van der Waals surface area contributed by atoms with Crippen LogP contribution in [0.4, 0.5) is 5.69 Å². The first-order chi connectivity index (χ1) is 18.1. The number of esters is 1. The van der Waals surface area contributed by atoms with Gasteiger partial charge in [-0.15, -0.1) is 13.2 Å². The number of aliphatic hydroxyl groups is 1. The normalized spacial score (nSPS) is 30.2. The summed E-state index contributed by atoms with van der Waals surface area (Å²) in [5, 5.41) is 10.1. The highest BCUT2D eigenvalue weighted by Gasteiger charge is 2.79. The van der Waals surface area contributed by atoms with Gasteiger partial charge in [-0.05, 0) is 70.6 Å². The van der Waals surface area contributed by atoms with Crippen molar-refractivity contribution in [2.24, 2.45) is 11.8 Å². The third-order valence-electron chi connectivity index (χ3n) is 8.47. The summed E-state index contributed by atoms with van der Waals surface area (Å²) in [6.07, 6.45) is 5.77. The van der Waals surface area contributed by atoms with Crippen molar-refractivity contribution in [3.63, 3.8) is 0 Å². The van der Waals surface area contributed by atoms with E-state index in [1.165, 1.54) is 4.90 Å². The van der Waals surface area contributed by atoms with Crippen LogP contribution in [0, 0.1) is 25.7 Å². The van der Waals surface area contributed by atoms with Crippen molar-refractivity contribution in [2.45, 2.75) is 76.7 Å². The Morgan fingerprint density at radius 2 is 2.03 bits per heavy atom. The number of carbonyl (C=O) groups is 3. The molecule has 4 rings (SSSR count). The zero-order chi connectivity index (χ0) is 27.8. The Bertz CT molecular complexity index is 1130. The number of benzene rings is 1. The summed E-state index contributed by atoms with van der Waals surface area (Å²) < 4.78 is 12.3. The lowest BCUT2D eigenvalue weighted by Crippen LogP contribution is -2.58. The van der Waals surface area contributed by atoms with Crippen LogP contribution in [-0.4, -0.2) is 70.8 Å². The zero-order valence-electron chi connectivity index (χ0n) is 22.9. The molecule has 1 aromatic carbocycles. The van der Waals surface area contributed by atoms with Gasteiger partial charge < -0.3 is 24.4 Å². The van der Waals surface area contributed by atoms with Crippen LogP contribution in [0.5, 0.6) is 0 Å². The number of aryl methyl sites for hydroxylation is 2. The summed E-state index contributed by atoms with van der Waals surface area (Å²) in [6, 6.07) is 4.25. The minimum Gasteiger partial charge on any atom is -0.465 e. The second-order valence-electron chi connectivity index (χ2n) is 11.1. The molecule has 8 heteroatoms. The lowest BCUT2D eigenvalue weighted by Gasteiger charge is -2.39. The van der Waals surface area contributed by atoms with Crippen LogP contribution in [0.2, 0.25) is 0 Å². The minimum absolute atomic E-state index is 0.226. The number of hydrogen-bond acceptors (Lipinski definition) is 6. The fourth-order valence-electron chi connectivity index (χ4n) is 6.65. The lowest BCUT2D eigenvalue weighted by atomic mass is 9.66. The van der Waals surface area contributed by atoms with Crippen molar-refractivity contribution in [3.05, 3.63) is 54.6 Å². The Kier molecular flexibility index (Phi) is 7.86. The largest absolute Gasteiger partial charge is 0.465 e. The zero-order valence-corrected chi connectivity index (χ0v) is 22.9. The first-order valence-corrected chi connectivity index (χ1v) is 13.5. The van der Waals surface area contributed by atoms with Crippen molar-refractivity contribution in [1.82, 2.24) is 4.90 Å². The van der Waals surface area contributed by atoms with Crippen LogP contribution in [0.1, 0.15) is 50.7 Å². The monoisotopic (exact) mass is 524 g/mol. The molecule has 2 unspecified atom stereocenters. The number of nitrogens with zero attached hydrogens (tertiary/aromatic N) is 2. The van der Waals surface area contributed by atoms with Gasteiger partial charge in [0, 0.05) is 12.2 Å². The highest BCUT2D eigenvalue weighted by atomic mass is 16.6. The summed E-state index contributed by atoms with van der Waals surface area (Å²) in [7, 11) is 0. The van der Waals surface area contributed by atoms with Gasteiger partial charge in [-0.1, -0.05) is 24.3 Å². The second kappa shape index (κ2) is 10.7. The SMILES string of the molecule is C=CCCCOC(=O)[C@@H]1[C@H]2C(=O)N([C@H](C)CO)C(C(=O)N(CC=C)c3cc(C)ccc3C)C23CC[C@@]1(C)O3. The van der Waals surface area contributed by atoms with Crippen LogP contribution in [-0.2, 0) is 23.9 Å². The maximum Gasteiger partial charge on any atom is 0.312 e. The van der Waals surface area contributed by atoms with Gasteiger partial charge in [0.15, 0.2) is 0 Å². The third kappa shape index (κ3) is 4.37. The van der Waals surface area contributed by atoms with Gasteiger partial charge in [0.1, 0.15) is 17.6 Å². The van der Waals surface area contributed by atoms with Gasteiger partial charge in [-0.3, -0.25) is 14.4 Å². The minimum atomic E-state index is -1.19. The van der Waals surface area contributed by atoms with Crippen molar-refractivity contribution < 1.29 is 29.0 Å². The fraction of sp³-hybridized carbons (Fsp3) is 0.567. The Morgan fingerprint density at radius 1 is 1.29 bits per heavy atom. The van der Waals surface area contributed by atoms with E-state index in [-0.39, 0.29) is 31.6 Å². The first kappa shape index (κ1) is 28.0. The Labute approximate surface area is 225 Å². The fourth-order valence-corrected chi connectivity index (χ4v) is 6.65. The lowest BCUT2D eigenvalue weighted by molar-refractivity contribution is -0.160. The number of amides is 2. The number of rotatable bonds is 11. The molecule has 0 aliphatic carbocycles. The number of unbranched alkanes of at least 4 members (excludes halogenated alkanes) is 1. The van der Waals surface area contributed by atoms with Gasteiger partial charge in [0.05, 0.1) is 30.8 Å². The Hall–Kier alpha value is -2.97. The Balaban J connectivity index is 1.77. The average Bonchev–Trinajstić information content (AvgIpc) is 3.46. The standard InChI is InChI=1S/C30H40N2O6/c1-7-9-10-16-37-28(36)24-23-26(34)32(21(5)18-33)25(30(23)14-13-29(24,6)38-30)27(35)31(15-8-2)22-17-19(3)11-12-20(22)4/h7-8,11-12,17,21,23-25,33H,1-2,9-10,13-16,18H2,3-6H3/t21-,23+,24+,25?,29-,30?/m1/s1. The first-order valence-electron chi connectivity index (χ1n) is 13.5. The molecule has 38 heavy (non-hydrogen) atoms. The van der Waals surface area contributed by atoms with Crippen LogP contribution in [0.3, 0.4) is 0 Å². The van der Waals surface area contributed by atoms with Crippen molar-refractivity contribution in [1.29, 1.82) is 0 Å². The second-order valence-corrected chi connectivity index (χ2v) is 11.1. The Morgan fingerprint density at radius 3 is 2.68 bits per heavy atom. The molecule has 206 valence electrons. The van der Waals surface area contributed by atoms with E-state index >= 15 is 0 Å². The highest BCUT2D eigenvalue weighted by Crippen LogP contribution is 2.63. The molecule has 2 amide bonds. The summed E-state index contributed by atoms with van der Waals surface area (Å²) in [4.78, 5) is 45.1. The molecule has 3 aliphatic heterocycles. The third-order valence-corrected chi connectivity index (χ3v) is 8.47. The molecule has 1 N–H and O–H groups in total. The van der Waals surface area contributed by atoms with Gasteiger partial charge in [0.25, 0.3) is 5.91 Å². The summed E-state index contributed by atoms with van der Waals surface area (Å²) in [5.41, 5.74) is 0.544. The van der Waals surface area contributed by atoms with Gasteiger partial charge >= 0.3 is 5.97 Å². The maximum atomic E-state index is 14.5. The molecule has 3 saturated heterocycles. The maximum absolute atomic E-state index is 14.5. The number of carbonyl (C=O) groups excluding carboxylic acids is 3. The number of anilines is 1. The molecule has 1 aromatic rings. The average molecular weight is 525 g/mol. The van der Waals surface area contributed by atoms with Gasteiger partial charge in [-0.25, -0.2) is 0 Å². The molecule has 6 atom stereocenters. The molecule has 0 radical (unpaired) electrons. The van der Waals surface area contributed by atoms with E-state index < -0.39 is 41.1 Å². The predicted octanol–water partition coefficient (Wildman–Crippen LogP) is 3.48. The number of allylic oxidation sites excluding steroid dienone is 1. The number of hydrogen-bond donors (Lipinski definition) is 1. The topological polar surface area (TPSA) is 96.4 Å². The predicted molar refractivity (Wildman–Crippen MR) is 144 cm³/mol. The molecule has 1 spiro atoms.